The van der Waals surface area contributed by atoms with Gasteiger partial charge in [0.1, 0.15) is 12.2 Å². The summed E-state index contributed by atoms with van der Waals surface area (Å²) in [7, 11) is 0. The van der Waals surface area contributed by atoms with Crippen LogP contribution in [-0.4, -0.2) is 52.7 Å². The van der Waals surface area contributed by atoms with Crippen molar-refractivity contribution in [3.8, 4) is 0 Å². The predicted molar refractivity (Wildman–Crippen MR) is 106 cm³/mol. The minimum Gasteiger partial charge on any atom is -0.458 e. The number of hydrogen-bond acceptors (Lipinski definition) is 8. The second kappa shape index (κ2) is 9.12. The van der Waals surface area contributed by atoms with E-state index in [1.54, 1.807) is 26.8 Å². The zero-order valence-electron chi connectivity index (χ0n) is 18.1. The molecular weight excluding hydrogens is 392 g/mol. The Morgan fingerprint density at radius 2 is 1.93 bits per heavy atom. The van der Waals surface area contributed by atoms with Gasteiger partial charge >= 0.3 is 17.9 Å². The lowest BCUT2D eigenvalue weighted by Gasteiger charge is -2.37. The lowest BCUT2D eigenvalue weighted by molar-refractivity contribution is -0.174. The minimum atomic E-state index is -1.66. The molecule has 2 rings (SSSR count). The Morgan fingerprint density at radius 1 is 1.30 bits per heavy atom. The third-order valence-corrected chi connectivity index (χ3v) is 5.94. The number of rotatable bonds is 3. The first kappa shape index (κ1) is 23.8. The molecule has 0 spiro atoms. The minimum absolute atomic E-state index is 0.121. The van der Waals surface area contributed by atoms with Crippen LogP contribution in [0.1, 0.15) is 53.9 Å². The van der Waals surface area contributed by atoms with Crippen molar-refractivity contribution in [2.75, 3.05) is 0 Å². The van der Waals surface area contributed by atoms with Gasteiger partial charge in [0.25, 0.3) is 0 Å². The fourth-order valence-corrected chi connectivity index (χ4v) is 3.94. The molecular formula is C22H30O8. The summed E-state index contributed by atoms with van der Waals surface area (Å²) in [6.45, 7) is 11.4. The van der Waals surface area contributed by atoms with E-state index in [-0.39, 0.29) is 24.8 Å². The lowest BCUT2D eigenvalue weighted by Crippen LogP contribution is -2.49. The average Bonchev–Trinajstić information content (AvgIpc) is 2.92. The highest BCUT2D eigenvalue weighted by Gasteiger charge is 2.51. The molecule has 1 heterocycles. The van der Waals surface area contributed by atoms with Gasteiger partial charge in [0, 0.05) is 30.9 Å². The van der Waals surface area contributed by atoms with Crippen molar-refractivity contribution in [3.05, 3.63) is 23.8 Å². The maximum absolute atomic E-state index is 13.0. The third kappa shape index (κ3) is 4.98. The molecule has 6 atom stereocenters. The van der Waals surface area contributed by atoms with Gasteiger partial charge in [-0.1, -0.05) is 19.6 Å². The normalized spacial score (nSPS) is 35.3. The molecule has 0 radical (unpaired) electrons. The highest BCUT2D eigenvalue weighted by Crippen LogP contribution is 2.40. The van der Waals surface area contributed by atoms with Gasteiger partial charge in [0.2, 0.25) is 0 Å². The second-order valence-electron chi connectivity index (χ2n) is 8.35. The molecule has 8 heteroatoms. The predicted octanol–water partition coefficient (Wildman–Crippen LogP) is 2.03. The first-order valence-electron chi connectivity index (χ1n) is 10.0. The van der Waals surface area contributed by atoms with Gasteiger partial charge < -0.3 is 19.3 Å². The summed E-state index contributed by atoms with van der Waals surface area (Å²) in [5, 5.41) is 10.5. The number of ether oxygens (including phenoxy) is 3. The summed E-state index contributed by atoms with van der Waals surface area (Å²) in [6, 6.07) is 0. The van der Waals surface area contributed by atoms with Gasteiger partial charge in [0.05, 0.1) is 12.0 Å². The van der Waals surface area contributed by atoms with Crippen LogP contribution >= 0.6 is 0 Å². The van der Waals surface area contributed by atoms with E-state index in [1.165, 1.54) is 13.8 Å². The zero-order chi connectivity index (χ0) is 22.8. The van der Waals surface area contributed by atoms with Crippen LogP contribution in [-0.2, 0) is 33.4 Å². The third-order valence-electron chi connectivity index (χ3n) is 5.94. The van der Waals surface area contributed by atoms with Gasteiger partial charge in [-0.15, -0.1) is 0 Å². The van der Waals surface area contributed by atoms with Crippen molar-refractivity contribution >= 4 is 23.7 Å². The molecule has 1 saturated carbocycles. The number of aliphatic hydroxyl groups excluding tert-OH is 1. The molecule has 2 aliphatic rings. The maximum atomic E-state index is 13.0. The number of fused-ring (bicyclic) bond motifs is 1. The highest BCUT2D eigenvalue weighted by molar-refractivity contribution is 5.92. The molecule has 0 aromatic rings. The first-order chi connectivity index (χ1) is 13.9. The molecule has 2 unspecified atom stereocenters. The van der Waals surface area contributed by atoms with E-state index in [1.807, 2.05) is 0 Å². The Labute approximate surface area is 176 Å². The van der Waals surface area contributed by atoms with Gasteiger partial charge in [-0.2, -0.15) is 0 Å². The topological polar surface area (TPSA) is 116 Å². The first-order valence-corrected chi connectivity index (χ1v) is 10.0. The van der Waals surface area contributed by atoms with Crippen molar-refractivity contribution in [2.45, 2.75) is 77.8 Å². The summed E-state index contributed by atoms with van der Waals surface area (Å²) >= 11 is 0. The lowest BCUT2D eigenvalue weighted by atomic mass is 9.76. The molecule has 2 fully saturated rings. The van der Waals surface area contributed by atoms with E-state index in [9.17, 15) is 24.3 Å². The van der Waals surface area contributed by atoms with Crippen molar-refractivity contribution in [3.63, 3.8) is 0 Å². The molecule has 1 N–H and O–H groups in total. The molecule has 0 amide bonds. The number of allylic oxidation sites excluding steroid dienone is 1. The van der Waals surface area contributed by atoms with E-state index in [0.717, 1.165) is 0 Å². The molecule has 30 heavy (non-hydrogen) atoms. The van der Waals surface area contributed by atoms with Crippen LogP contribution in [0.5, 0.6) is 0 Å². The van der Waals surface area contributed by atoms with E-state index in [4.69, 9.17) is 14.2 Å². The largest absolute Gasteiger partial charge is 0.458 e. The fourth-order valence-electron chi connectivity index (χ4n) is 3.94. The fraction of sp³-hybridized carbons (Fsp3) is 0.636. The number of hydrogen-bond donors (Lipinski definition) is 1. The number of esters is 3. The second-order valence-corrected chi connectivity index (χ2v) is 8.35. The highest BCUT2D eigenvalue weighted by atomic mass is 16.6. The van der Waals surface area contributed by atoms with Crippen molar-refractivity contribution in [1.29, 1.82) is 0 Å². The van der Waals surface area contributed by atoms with Crippen molar-refractivity contribution in [1.82, 2.24) is 0 Å². The molecule has 0 aromatic heterocycles. The van der Waals surface area contributed by atoms with Crippen LogP contribution in [0.15, 0.2) is 23.8 Å². The number of carbonyl (C=O) groups excluding carboxylic acids is 4. The maximum Gasteiger partial charge on any atom is 0.334 e. The molecule has 166 valence electrons. The van der Waals surface area contributed by atoms with Gasteiger partial charge in [0.15, 0.2) is 11.4 Å². The number of ketones is 1. The van der Waals surface area contributed by atoms with Crippen LogP contribution in [0.4, 0.5) is 0 Å². The standard InChI is InChI=1S/C22H30O8/c1-7-11(2)20(26)29-17-10-22(6,30-14(5)23)18(25)9-15(24)12(3)8-16-19(17)13(4)21(27)28-16/h7,12,15-17,19,24H,4,8-10H2,1-3,5-6H3/b11-7-/t12-,15?,16+,17?,19-,22-/m0/s1. The Kier molecular flexibility index (Phi) is 7.23. The monoisotopic (exact) mass is 422 g/mol. The zero-order valence-corrected chi connectivity index (χ0v) is 18.1. The quantitative estimate of drug-likeness (QED) is 0.417. The van der Waals surface area contributed by atoms with Crippen LogP contribution in [0, 0.1) is 11.8 Å². The summed E-state index contributed by atoms with van der Waals surface area (Å²) in [6.07, 6.45) is -1.27. The van der Waals surface area contributed by atoms with E-state index in [2.05, 4.69) is 6.58 Å². The molecule has 1 saturated heterocycles. The summed E-state index contributed by atoms with van der Waals surface area (Å²) in [5.74, 6) is -3.54. The average molecular weight is 422 g/mol. The van der Waals surface area contributed by atoms with Gasteiger partial charge in [-0.05, 0) is 33.1 Å². The smallest absolute Gasteiger partial charge is 0.334 e. The van der Waals surface area contributed by atoms with Crippen molar-refractivity contribution in [2.24, 2.45) is 11.8 Å². The van der Waals surface area contributed by atoms with E-state index < -0.39 is 59.4 Å². The Balaban J connectivity index is 2.54. The van der Waals surface area contributed by atoms with Crippen molar-refractivity contribution < 1.29 is 38.5 Å². The van der Waals surface area contributed by atoms with Crippen LogP contribution in [0.25, 0.3) is 0 Å². The number of Topliss-reactive ketones (excluding diaryl/α,β-unsaturated/α-hetero) is 1. The van der Waals surface area contributed by atoms with Gasteiger partial charge in [-0.3, -0.25) is 9.59 Å². The van der Waals surface area contributed by atoms with Crippen LogP contribution in [0.3, 0.4) is 0 Å². The molecule has 1 aliphatic heterocycles. The molecule has 0 aromatic carbocycles. The Hall–Kier alpha value is -2.48. The SMILES string of the molecule is C=C1C(=O)O[C@@H]2C[C@H](C)C(O)CC(=O)[C@@](C)(OC(C)=O)CC(OC(=O)/C(C)=C\C)[C@@H]12. The summed E-state index contributed by atoms with van der Waals surface area (Å²) in [4.78, 5) is 49.5. The molecule has 8 nitrogen and oxygen atoms in total. The molecule has 0 bridgehead atoms. The van der Waals surface area contributed by atoms with Crippen LogP contribution < -0.4 is 0 Å². The Morgan fingerprint density at radius 3 is 2.50 bits per heavy atom. The summed E-state index contributed by atoms with van der Waals surface area (Å²) < 4.78 is 16.5. The summed E-state index contributed by atoms with van der Waals surface area (Å²) in [5.41, 5.74) is -1.19. The van der Waals surface area contributed by atoms with Crippen LogP contribution in [0.2, 0.25) is 0 Å². The van der Waals surface area contributed by atoms with E-state index >= 15 is 0 Å². The van der Waals surface area contributed by atoms with Gasteiger partial charge in [-0.25, -0.2) is 9.59 Å². The number of aliphatic hydroxyl groups is 1. The Bertz CT molecular complexity index is 782. The molecule has 1 aliphatic carbocycles. The van der Waals surface area contributed by atoms with E-state index in [0.29, 0.717) is 5.57 Å². The number of carbonyl (C=O) groups is 4.